The number of nitriles is 1. The first-order valence-corrected chi connectivity index (χ1v) is 6.04. The molecule has 0 aliphatic carbocycles. The largest absolute Gasteiger partial charge is 0.464 e. The Morgan fingerprint density at radius 1 is 1.30 bits per heavy atom. The van der Waals surface area contributed by atoms with Crippen LogP contribution in [0.1, 0.15) is 35.4 Å². The van der Waals surface area contributed by atoms with Crippen LogP contribution in [0.2, 0.25) is 0 Å². The molecule has 2 N–H and O–H groups in total. The highest BCUT2D eigenvalue weighted by Gasteiger charge is 2.26. The highest BCUT2D eigenvalue weighted by Crippen LogP contribution is 2.19. The quantitative estimate of drug-likeness (QED) is 0.586. The van der Waals surface area contributed by atoms with Gasteiger partial charge in [-0.2, -0.15) is 5.26 Å². The van der Waals surface area contributed by atoms with Crippen molar-refractivity contribution in [2.75, 3.05) is 6.61 Å². The molecule has 20 heavy (non-hydrogen) atoms. The monoisotopic (exact) mass is 277 g/mol. The van der Waals surface area contributed by atoms with Crippen LogP contribution in [0.5, 0.6) is 0 Å². The standard InChI is InChI=1S/C14H15NO5/c1-2-20-14(19)13(18)12(17)10-5-3-9(4-6-10)11(16)7-8-15/h3-6,12-13,17-18H,2,7H2,1H3. The first-order chi connectivity index (χ1) is 9.51. The first kappa shape index (κ1) is 15.8. The molecule has 0 aliphatic heterocycles. The second kappa shape index (κ2) is 7.38. The molecule has 106 valence electrons. The Morgan fingerprint density at radius 3 is 2.40 bits per heavy atom. The van der Waals surface area contributed by atoms with E-state index in [1.807, 2.05) is 0 Å². The number of ketones is 1. The molecular weight excluding hydrogens is 262 g/mol. The lowest BCUT2D eigenvalue weighted by atomic mass is 10.0. The molecule has 0 aliphatic rings. The summed E-state index contributed by atoms with van der Waals surface area (Å²) in [6.45, 7) is 1.69. The van der Waals surface area contributed by atoms with Crippen LogP contribution in [-0.2, 0) is 9.53 Å². The van der Waals surface area contributed by atoms with Gasteiger partial charge in [0, 0.05) is 5.56 Å². The van der Waals surface area contributed by atoms with Crippen LogP contribution < -0.4 is 0 Å². The number of ether oxygens (including phenoxy) is 1. The number of carbonyl (C=O) groups excluding carboxylic acids is 2. The summed E-state index contributed by atoms with van der Waals surface area (Å²) in [5.74, 6) is -1.25. The van der Waals surface area contributed by atoms with Gasteiger partial charge in [-0.15, -0.1) is 0 Å². The smallest absolute Gasteiger partial charge is 0.338 e. The highest BCUT2D eigenvalue weighted by atomic mass is 16.5. The van der Waals surface area contributed by atoms with Crippen LogP contribution in [0.15, 0.2) is 24.3 Å². The summed E-state index contributed by atoms with van der Waals surface area (Å²) in [7, 11) is 0. The van der Waals surface area contributed by atoms with E-state index in [1.165, 1.54) is 24.3 Å². The van der Waals surface area contributed by atoms with Crippen molar-refractivity contribution in [1.82, 2.24) is 0 Å². The minimum atomic E-state index is -1.68. The van der Waals surface area contributed by atoms with Gasteiger partial charge >= 0.3 is 5.97 Å². The topological polar surface area (TPSA) is 108 Å². The zero-order valence-electron chi connectivity index (χ0n) is 10.9. The van der Waals surface area contributed by atoms with Gasteiger partial charge in [-0.3, -0.25) is 4.79 Å². The Hall–Kier alpha value is -2.23. The van der Waals surface area contributed by atoms with Gasteiger partial charge in [-0.25, -0.2) is 4.79 Å². The fraction of sp³-hybridized carbons (Fsp3) is 0.357. The Kier molecular flexibility index (Phi) is 5.84. The number of benzene rings is 1. The third kappa shape index (κ3) is 3.88. The van der Waals surface area contributed by atoms with Gasteiger partial charge in [-0.1, -0.05) is 24.3 Å². The zero-order chi connectivity index (χ0) is 15.1. The lowest BCUT2D eigenvalue weighted by Gasteiger charge is -2.16. The maximum absolute atomic E-state index is 11.4. The summed E-state index contributed by atoms with van der Waals surface area (Å²) < 4.78 is 4.60. The summed E-state index contributed by atoms with van der Waals surface area (Å²) in [5, 5.41) is 27.9. The number of hydrogen-bond acceptors (Lipinski definition) is 6. The van der Waals surface area contributed by atoms with Crippen molar-refractivity contribution in [1.29, 1.82) is 5.26 Å². The second-order valence-corrected chi connectivity index (χ2v) is 4.02. The Balaban J connectivity index is 2.80. The van der Waals surface area contributed by atoms with Gasteiger partial charge in [0.1, 0.15) is 6.10 Å². The van der Waals surface area contributed by atoms with E-state index in [9.17, 15) is 19.8 Å². The molecule has 0 fully saturated rings. The van der Waals surface area contributed by atoms with Crippen molar-refractivity contribution in [2.45, 2.75) is 25.6 Å². The molecular formula is C14H15NO5. The van der Waals surface area contributed by atoms with Crippen molar-refractivity contribution < 1.29 is 24.5 Å². The Bertz CT molecular complexity index is 517. The predicted molar refractivity (Wildman–Crippen MR) is 68.6 cm³/mol. The lowest BCUT2D eigenvalue weighted by molar-refractivity contribution is -0.159. The van der Waals surface area contributed by atoms with Gasteiger partial charge in [-0.05, 0) is 12.5 Å². The molecule has 2 unspecified atom stereocenters. The molecule has 0 amide bonds. The Labute approximate surface area is 116 Å². The maximum Gasteiger partial charge on any atom is 0.338 e. The first-order valence-electron chi connectivity index (χ1n) is 6.04. The molecule has 0 heterocycles. The van der Waals surface area contributed by atoms with Crippen molar-refractivity contribution in [3.63, 3.8) is 0 Å². The minimum absolute atomic E-state index is 0.101. The number of Topliss-reactive ketones (excluding diaryl/α,β-unsaturated/α-hetero) is 1. The van der Waals surface area contributed by atoms with E-state index in [0.29, 0.717) is 5.56 Å². The zero-order valence-corrected chi connectivity index (χ0v) is 10.9. The summed E-state index contributed by atoms with van der Waals surface area (Å²) in [5.41, 5.74) is 0.604. The van der Waals surface area contributed by atoms with Crippen LogP contribution in [0.3, 0.4) is 0 Å². The molecule has 1 aromatic rings. The summed E-state index contributed by atoms with van der Waals surface area (Å²) in [6.07, 6.45) is -3.35. The Morgan fingerprint density at radius 2 is 1.90 bits per heavy atom. The normalized spacial score (nSPS) is 13.1. The van der Waals surface area contributed by atoms with E-state index in [0.717, 1.165) is 0 Å². The van der Waals surface area contributed by atoms with Crippen LogP contribution >= 0.6 is 0 Å². The molecule has 0 radical (unpaired) electrons. The SMILES string of the molecule is CCOC(=O)C(O)C(O)c1ccc(C(=O)CC#N)cc1. The van der Waals surface area contributed by atoms with E-state index in [1.54, 1.807) is 13.0 Å². The average molecular weight is 277 g/mol. The molecule has 0 aromatic heterocycles. The van der Waals surface area contributed by atoms with Gasteiger partial charge in [0.2, 0.25) is 0 Å². The highest BCUT2D eigenvalue weighted by molar-refractivity contribution is 5.97. The van der Waals surface area contributed by atoms with Crippen molar-refractivity contribution >= 4 is 11.8 Å². The van der Waals surface area contributed by atoms with Gasteiger partial charge in [0.05, 0.1) is 19.1 Å². The minimum Gasteiger partial charge on any atom is -0.464 e. The molecule has 0 saturated heterocycles. The number of esters is 1. The molecule has 2 atom stereocenters. The van der Waals surface area contributed by atoms with E-state index >= 15 is 0 Å². The molecule has 0 bridgehead atoms. The molecule has 1 rings (SSSR count). The molecule has 0 saturated carbocycles. The van der Waals surface area contributed by atoms with Crippen molar-refractivity contribution in [3.8, 4) is 6.07 Å². The second-order valence-electron chi connectivity index (χ2n) is 4.02. The lowest BCUT2D eigenvalue weighted by Crippen LogP contribution is -2.29. The van der Waals surface area contributed by atoms with Crippen LogP contribution in [-0.4, -0.2) is 34.7 Å². The average Bonchev–Trinajstić information content (AvgIpc) is 2.46. The molecule has 6 heteroatoms. The maximum atomic E-state index is 11.4. The number of nitrogens with zero attached hydrogens (tertiary/aromatic N) is 1. The predicted octanol–water partition coefficient (Wildman–Crippen LogP) is 0.740. The third-order valence-electron chi connectivity index (χ3n) is 2.64. The third-order valence-corrected chi connectivity index (χ3v) is 2.64. The number of aliphatic hydroxyl groups excluding tert-OH is 2. The van der Waals surface area contributed by atoms with E-state index in [2.05, 4.69) is 4.74 Å². The molecule has 0 spiro atoms. The molecule has 6 nitrogen and oxygen atoms in total. The number of rotatable bonds is 6. The van der Waals surface area contributed by atoms with Crippen LogP contribution in [0.4, 0.5) is 0 Å². The van der Waals surface area contributed by atoms with Gasteiger partial charge < -0.3 is 14.9 Å². The number of carbonyl (C=O) groups is 2. The van der Waals surface area contributed by atoms with Gasteiger partial charge in [0.25, 0.3) is 0 Å². The fourth-order valence-corrected chi connectivity index (χ4v) is 1.58. The fourth-order valence-electron chi connectivity index (χ4n) is 1.58. The molecule has 1 aromatic carbocycles. The van der Waals surface area contributed by atoms with Crippen molar-refractivity contribution in [3.05, 3.63) is 35.4 Å². The van der Waals surface area contributed by atoms with Crippen molar-refractivity contribution in [2.24, 2.45) is 0 Å². The summed E-state index contributed by atoms with van der Waals surface area (Å²) in [6, 6.07) is 7.43. The van der Waals surface area contributed by atoms with E-state index in [4.69, 9.17) is 5.26 Å². The summed E-state index contributed by atoms with van der Waals surface area (Å²) in [4.78, 5) is 22.7. The van der Waals surface area contributed by atoms with E-state index < -0.39 is 18.2 Å². The number of aliphatic hydroxyl groups is 2. The van der Waals surface area contributed by atoms with Crippen LogP contribution in [0, 0.1) is 11.3 Å². The number of hydrogen-bond donors (Lipinski definition) is 2. The summed E-state index contributed by atoms with van der Waals surface area (Å²) >= 11 is 0. The van der Waals surface area contributed by atoms with Gasteiger partial charge in [0.15, 0.2) is 11.9 Å². The van der Waals surface area contributed by atoms with Crippen LogP contribution in [0.25, 0.3) is 0 Å². The van der Waals surface area contributed by atoms with E-state index in [-0.39, 0.29) is 24.4 Å².